The summed E-state index contributed by atoms with van der Waals surface area (Å²) in [4.78, 5) is 1.91. The molecule has 22 heavy (non-hydrogen) atoms. The van der Waals surface area contributed by atoms with E-state index in [2.05, 4.69) is 19.1 Å². The highest BCUT2D eigenvalue weighted by atomic mass is 16.3. The molecule has 0 spiro atoms. The lowest BCUT2D eigenvalue weighted by molar-refractivity contribution is 0.0228. The second-order valence-corrected chi connectivity index (χ2v) is 5.90. The number of hydrogen-bond acceptors (Lipinski definition) is 5. The molecule has 0 aromatic carbocycles. The third-order valence-corrected chi connectivity index (χ3v) is 3.58. The van der Waals surface area contributed by atoms with Gasteiger partial charge in [0.1, 0.15) is 0 Å². The van der Waals surface area contributed by atoms with Crippen LogP contribution in [-0.4, -0.2) is 70.4 Å². The van der Waals surface area contributed by atoms with Crippen molar-refractivity contribution in [3.8, 4) is 0 Å². The predicted octanol–water partition coefficient (Wildman–Crippen LogP) is 1.30. The van der Waals surface area contributed by atoms with Gasteiger partial charge < -0.3 is 20.4 Å². The van der Waals surface area contributed by atoms with E-state index < -0.39 is 12.2 Å². The molecular weight excluding hydrogens is 282 g/mol. The first-order valence-electron chi connectivity index (χ1n) is 8.59. The van der Waals surface area contributed by atoms with Crippen LogP contribution in [0.3, 0.4) is 0 Å². The number of allylic oxidation sites excluding steroid dienone is 2. The Bertz CT molecular complexity index is 249. The second-order valence-electron chi connectivity index (χ2n) is 5.90. The summed E-state index contributed by atoms with van der Waals surface area (Å²) >= 11 is 0. The van der Waals surface area contributed by atoms with Gasteiger partial charge in [0.25, 0.3) is 0 Å². The molecule has 0 aliphatic heterocycles. The number of rotatable bonds is 15. The van der Waals surface area contributed by atoms with Gasteiger partial charge in [-0.3, -0.25) is 4.90 Å². The first-order chi connectivity index (χ1) is 10.6. The molecule has 0 aliphatic carbocycles. The number of unbranched alkanes of at least 4 members (excludes halogenated alkanes) is 5. The topological polar surface area (TPSA) is 84.2 Å². The summed E-state index contributed by atoms with van der Waals surface area (Å²) < 4.78 is 0. The predicted molar refractivity (Wildman–Crippen MR) is 89.8 cm³/mol. The molecule has 132 valence electrons. The maximum Gasteiger partial charge on any atom is 0.0897 e. The maximum atomic E-state index is 9.51. The summed E-state index contributed by atoms with van der Waals surface area (Å²) in [5.41, 5.74) is 0. The van der Waals surface area contributed by atoms with Gasteiger partial charge in [0.15, 0.2) is 0 Å². The van der Waals surface area contributed by atoms with E-state index in [0.717, 1.165) is 32.2 Å². The van der Waals surface area contributed by atoms with Crippen LogP contribution in [0.15, 0.2) is 12.2 Å². The van der Waals surface area contributed by atoms with Crippen LogP contribution in [0.1, 0.15) is 51.9 Å². The second kappa shape index (κ2) is 15.4. The molecule has 0 saturated heterocycles. The molecule has 0 amide bonds. The Morgan fingerprint density at radius 3 is 1.91 bits per heavy atom. The fraction of sp³-hybridized carbons (Fsp3) is 0.882. The van der Waals surface area contributed by atoms with Crippen LogP contribution in [-0.2, 0) is 0 Å². The van der Waals surface area contributed by atoms with Crippen molar-refractivity contribution in [1.82, 2.24) is 4.90 Å². The van der Waals surface area contributed by atoms with Crippen LogP contribution in [0.5, 0.6) is 0 Å². The van der Waals surface area contributed by atoms with E-state index in [9.17, 15) is 10.2 Å². The fourth-order valence-corrected chi connectivity index (χ4v) is 2.32. The fourth-order valence-electron chi connectivity index (χ4n) is 2.32. The van der Waals surface area contributed by atoms with E-state index >= 15 is 0 Å². The van der Waals surface area contributed by atoms with Gasteiger partial charge >= 0.3 is 0 Å². The number of nitrogens with zero attached hydrogens (tertiary/aromatic N) is 1. The molecule has 0 aromatic heterocycles. The van der Waals surface area contributed by atoms with Gasteiger partial charge in [-0.1, -0.05) is 38.3 Å². The highest BCUT2D eigenvalue weighted by Crippen LogP contribution is 2.07. The molecule has 0 aliphatic rings. The Balaban J connectivity index is 3.78. The zero-order valence-corrected chi connectivity index (χ0v) is 14.0. The van der Waals surface area contributed by atoms with Crippen LogP contribution in [0.2, 0.25) is 0 Å². The van der Waals surface area contributed by atoms with E-state index in [-0.39, 0.29) is 13.2 Å². The average Bonchev–Trinajstić information content (AvgIpc) is 2.52. The van der Waals surface area contributed by atoms with Crippen LogP contribution in [0.25, 0.3) is 0 Å². The van der Waals surface area contributed by atoms with Crippen molar-refractivity contribution >= 4 is 0 Å². The molecule has 0 fully saturated rings. The lowest BCUT2D eigenvalue weighted by Gasteiger charge is -2.26. The van der Waals surface area contributed by atoms with Crippen LogP contribution < -0.4 is 0 Å². The quantitative estimate of drug-likeness (QED) is 0.270. The third kappa shape index (κ3) is 13.2. The van der Waals surface area contributed by atoms with Crippen molar-refractivity contribution < 1.29 is 20.4 Å². The van der Waals surface area contributed by atoms with E-state index in [1.54, 1.807) is 0 Å². The van der Waals surface area contributed by atoms with E-state index in [0.29, 0.717) is 13.1 Å². The van der Waals surface area contributed by atoms with Crippen molar-refractivity contribution in [2.45, 2.75) is 64.1 Å². The Labute approximate surface area is 135 Å². The highest BCUT2D eigenvalue weighted by molar-refractivity contribution is 4.80. The Morgan fingerprint density at radius 1 is 0.818 bits per heavy atom. The Morgan fingerprint density at radius 2 is 1.36 bits per heavy atom. The molecule has 0 rings (SSSR count). The zero-order chi connectivity index (χ0) is 16.6. The van der Waals surface area contributed by atoms with E-state index in [1.165, 1.54) is 19.3 Å². The molecule has 0 bridgehead atoms. The highest BCUT2D eigenvalue weighted by Gasteiger charge is 2.14. The largest absolute Gasteiger partial charge is 0.394 e. The van der Waals surface area contributed by atoms with Crippen LogP contribution >= 0.6 is 0 Å². The molecule has 2 atom stereocenters. The first-order valence-corrected chi connectivity index (χ1v) is 8.59. The van der Waals surface area contributed by atoms with Crippen molar-refractivity contribution in [3.63, 3.8) is 0 Å². The smallest absolute Gasteiger partial charge is 0.0897 e. The van der Waals surface area contributed by atoms with Gasteiger partial charge in [-0.05, 0) is 32.2 Å². The van der Waals surface area contributed by atoms with Gasteiger partial charge in [0, 0.05) is 13.1 Å². The monoisotopic (exact) mass is 317 g/mol. The normalized spacial score (nSPS) is 14.8. The number of aliphatic hydroxyl groups is 4. The third-order valence-electron chi connectivity index (χ3n) is 3.58. The molecule has 0 aromatic rings. The molecule has 2 unspecified atom stereocenters. The first kappa shape index (κ1) is 21.5. The minimum Gasteiger partial charge on any atom is -0.394 e. The molecule has 5 heteroatoms. The summed E-state index contributed by atoms with van der Waals surface area (Å²) in [5, 5.41) is 36.8. The van der Waals surface area contributed by atoms with Crippen molar-refractivity contribution in [1.29, 1.82) is 0 Å². The van der Waals surface area contributed by atoms with E-state index in [1.807, 2.05) is 4.90 Å². The van der Waals surface area contributed by atoms with Crippen molar-refractivity contribution in [3.05, 3.63) is 12.2 Å². The summed E-state index contributed by atoms with van der Waals surface area (Å²) in [7, 11) is 0. The van der Waals surface area contributed by atoms with Gasteiger partial charge in [-0.15, -0.1) is 0 Å². The van der Waals surface area contributed by atoms with Gasteiger partial charge in [0.2, 0.25) is 0 Å². The summed E-state index contributed by atoms with van der Waals surface area (Å²) in [6.07, 6.45) is 10.9. The lowest BCUT2D eigenvalue weighted by Crippen LogP contribution is -2.40. The van der Waals surface area contributed by atoms with Crippen molar-refractivity contribution in [2.75, 3.05) is 32.8 Å². The lowest BCUT2D eigenvalue weighted by atomic mass is 10.1. The molecule has 0 heterocycles. The van der Waals surface area contributed by atoms with Crippen LogP contribution in [0, 0.1) is 0 Å². The molecule has 0 radical (unpaired) electrons. The minimum absolute atomic E-state index is 0.282. The number of hydrogen-bond donors (Lipinski definition) is 4. The average molecular weight is 317 g/mol. The molecule has 4 N–H and O–H groups in total. The number of aliphatic hydroxyl groups excluding tert-OH is 4. The Hall–Kier alpha value is -0.460. The SMILES string of the molecule is CCC/C=C/CCCCCCN(CC(O)CO)CC(O)CO. The molecular formula is C17H35NO4. The maximum absolute atomic E-state index is 9.51. The molecule has 0 saturated carbocycles. The summed E-state index contributed by atoms with van der Waals surface area (Å²) in [6.45, 7) is 3.03. The standard InChI is InChI=1S/C17H35NO4/c1-2-3-4-5-6-7-8-9-10-11-18(12-16(21)14-19)13-17(22)15-20/h4-5,16-17,19-22H,2-3,6-15H2,1H3/b5-4+. The minimum atomic E-state index is -0.797. The Kier molecular flexibility index (Phi) is 15.1. The summed E-state index contributed by atoms with van der Waals surface area (Å²) in [5.74, 6) is 0. The van der Waals surface area contributed by atoms with Gasteiger partial charge in [0.05, 0.1) is 25.4 Å². The van der Waals surface area contributed by atoms with Gasteiger partial charge in [-0.2, -0.15) is 0 Å². The molecule has 5 nitrogen and oxygen atoms in total. The zero-order valence-electron chi connectivity index (χ0n) is 14.0. The summed E-state index contributed by atoms with van der Waals surface area (Å²) in [6, 6.07) is 0. The van der Waals surface area contributed by atoms with E-state index in [4.69, 9.17) is 10.2 Å². The van der Waals surface area contributed by atoms with Crippen LogP contribution in [0.4, 0.5) is 0 Å². The van der Waals surface area contributed by atoms with Gasteiger partial charge in [-0.25, -0.2) is 0 Å². The van der Waals surface area contributed by atoms with Crippen molar-refractivity contribution in [2.24, 2.45) is 0 Å².